The van der Waals surface area contributed by atoms with Crippen LogP contribution in [0, 0.1) is 11.3 Å². The van der Waals surface area contributed by atoms with E-state index in [4.69, 9.17) is 5.26 Å². The van der Waals surface area contributed by atoms with Crippen molar-refractivity contribution in [3.05, 3.63) is 64.7 Å². The Labute approximate surface area is 143 Å². The molecule has 0 aliphatic rings. The van der Waals surface area contributed by atoms with Crippen LogP contribution in [0.2, 0.25) is 0 Å². The number of amides is 1. The summed E-state index contributed by atoms with van der Waals surface area (Å²) in [6.45, 7) is 0. The average molecular weight is 373 g/mol. The molecule has 136 valence electrons. The van der Waals surface area contributed by atoms with Crippen LogP contribution in [0.15, 0.2) is 42.5 Å². The summed E-state index contributed by atoms with van der Waals surface area (Å²) < 4.78 is 76.4. The van der Waals surface area contributed by atoms with Gasteiger partial charge in [0.05, 0.1) is 28.4 Å². The summed E-state index contributed by atoms with van der Waals surface area (Å²) >= 11 is 0. The van der Waals surface area contributed by atoms with E-state index in [0.29, 0.717) is 18.2 Å². The van der Waals surface area contributed by atoms with Crippen LogP contribution in [0.25, 0.3) is 0 Å². The highest BCUT2D eigenvalue weighted by molar-refractivity contribution is 5.95. The standard InChI is InChI=1S/C16H9F6N3O/c17-15(18,19)11-4-2-10(3-5-11)14(26)25-24-13-6-1-9(8-23)7-12(13)16(20,21)22/h1-7,24H,(H,25,26). The number of benzene rings is 2. The molecule has 0 fully saturated rings. The summed E-state index contributed by atoms with van der Waals surface area (Å²) in [7, 11) is 0. The molecule has 2 aromatic rings. The van der Waals surface area contributed by atoms with E-state index in [-0.39, 0.29) is 11.1 Å². The third-order valence-corrected chi connectivity index (χ3v) is 3.24. The minimum absolute atomic E-state index is 0.187. The van der Waals surface area contributed by atoms with Crippen LogP contribution < -0.4 is 10.9 Å². The molecule has 0 aliphatic heterocycles. The summed E-state index contributed by atoms with van der Waals surface area (Å²) in [5.41, 5.74) is 0.963. The van der Waals surface area contributed by atoms with Crippen molar-refractivity contribution in [3.63, 3.8) is 0 Å². The van der Waals surface area contributed by atoms with Crippen molar-refractivity contribution < 1.29 is 31.1 Å². The summed E-state index contributed by atoms with van der Waals surface area (Å²) in [4.78, 5) is 11.9. The van der Waals surface area contributed by atoms with Gasteiger partial charge in [0, 0.05) is 5.56 Å². The van der Waals surface area contributed by atoms with Crippen LogP contribution in [0.5, 0.6) is 0 Å². The monoisotopic (exact) mass is 373 g/mol. The molecule has 0 heterocycles. The number of hydrogen-bond acceptors (Lipinski definition) is 3. The summed E-state index contributed by atoms with van der Waals surface area (Å²) in [5.74, 6) is -0.934. The Morgan fingerprint density at radius 1 is 0.923 bits per heavy atom. The van der Waals surface area contributed by atoms with Gasteiger partial charge >= 0.3 is 12.4 Å². The zero-order valence-electron chi connectivity index (χ0n) is 12.7. The van der Waals surface area contributed by atoms with Gasteiger partial charge in [0.1, 0.15) is 0 Å². The molecule has 0 spiro atoms. The van der Waals surface area contributed by atoms with E-state index in [1.807, 2.05) is 5.43 Å². The second-order valence-corrected chi connectivity index (χ2v) is 5.02. The fourth-order valence-corrected chi connectivity index (χ4v) is 1.96. The number of nitrogens with zero attached hydrogens (tertiary/aromatic N) is 1. The fourth-order valence-electron chi connectivity index (χ4n) is 1.96. The Kier molecular flexibility index (Phi) is 5.11. The van der Waals surface area contributed by atoms with Crippen molar-refractivity contribution in [2.75, 3.05) is 5.43 Å². The van der Waals surface area contributed by atoms with Crippen molar-refractivity contribution in [2.24, 2.45) is 0 Å². The molecule has 0 atom stereocenters. The zero-order valence-corrected chi connectivity index (χ0v) is 12.7. The molecule has 0 aromatic heterocycles. The van der Waals surface area contributed by atoms with Crippen LogP contribution >= 0.6 is 0 Å². The Morgan fingerprint density at radius 2 is 1.54 bits per heavy atom. The quantitative estimate of drug-likeness (QED) is 0.621. The first kappa shape index (κ1) is 19.1. The molecule has 0 saturated heterocycles. The first-order chi connectivity index (χ1) is 12.0. The van der Waals surface area contributed by atoms with E-state index in [1.165, 1.54) is 0 Å². The van der Waals surface area contributed by atoms with Gasteiger partial charge in [0.2, 0.25) is 0 Å². The number of nitriles is 1. The Bertz CT molecular complexity index is 850. The lowest BCUT2D eigenvalue weighted by Crippen LogP contribution is -2.30. The SMILES string of the molecule is N#Cc1ccc(NNC(=O)c2ccc(C(F)(F)F)cc2)c(C(F)(F)F)c1. The smallest absolute Gasteiger partial charge is 0.298 e. The molecule has 2 aromatic carbocycles. The minimum atomic E-state index is -4.78. The number of hydrogen-bond donors (Lipinski definition) is 2. The number of hydrazine groups is 1. The van der Waals surface area contributed by atoms with Gasteiger partial charge in [-0.05, 0) is 42.5 Å². The zero-order chi connectivity index (χ0) is 19.5. The fraction of sp³-hybridized carbons (Fsp3) is 0.125. The van der Waals surface area contributed by atoms with E-state index in [1.54, 1.807) is 6.07 Å². The summed E-state index contributed by atoms with van der Waals surface area (Å²) in [6, 6.07) is 7.38. The highest BCUT2D eigenvalue weighted by atomic mass is 19.4. The van der Waals surface area contributed by atoms with E-state index < -0.39 is 35.1 Å². The number of nitrogens with one attached hydrogen (secondary N) is 2. The van der Waals surface area contributed by atoms with Crippen LogP contribution in [0.3, 0.4) is 0 Å². The topological polar surface area (TPSA) is 64.9 Å². The van der Waals surface area contributed by atoms with Crippen molar-refractivity contribution in [1.82, 2.24) is 5.43 Å². The van der Waals surface area contributed by atoms with E-state index >= 15 is 0 Å². The van der Waals surface area contributed by atoms with Crippen molar-refractivity contribution in [3.8, 4) is 6.07 Å². The number of halogens is 6. The number of carbonyl (C=O) groups excluding carboxylic acids is 1. The van der Waals surface area contributed by atoms with Gasteiger partial charge in [0.15, 0.2) is 0 Å². The molecule has 0 radical (unpaired) electrons. The number of carbonyl (C=O) groups is 1. The van der Waals surface area contributed by atoms with Gasteiger partial charge < -0.3 is 0 Å². The van der Waals surface area contributed by atoms with Crippen molar-refractivity contribution in [2.45, 2.75) is 12.4 Å². The predicted molar refractivity (Wildman–Crippen MR) is 78.7 cm³/mol. The van der Waals surface area contributed by atoms with Gasteiger partial charge in [-0.3, -0.25) is 15.6 Å². The Hall–Kier alpha value is -3.22. The van der Waals surface area contributed by atoms with Gasteiger partial charge in [-0.15, -0.1) is 0 Å². The molecule has 26 heavy (non-hydrogen) atoms. The second kappa shape index (κ2) is 6.95. The highest BCUT2D eigenvalue weighted by Gasteiger charge is 2.34. The Balaban J connectivity index is 2.16. The maximum atomic E-state index is 13.0. The third-order valence-electron chi connectivity index (χ3n) is 3.24. The molecule has 4 nitrogen and oxygen atoms in total. The third kappa shape index (κ3) is 4.44. The highest BCUT2D eigenvalue weighted by Crippen LogP contribution is 2.35. The molecular formula is C16H9F6N3O. The van der Waals surface area contributed by atoms with Gasteiger partial charge in [-0.1, -0.05) is 0 Å². The van der Waals surface area contributed by atoms with Gasteiger partial charge in [-0.2, -0.15) is 31.6 Å². The average Bonchev–Trinajstić information content (AvgIpc) is 2.58. The largest absolute Gasteiger partial charge is 0.418 e. The minimum Gasteiger partial charge on any atom is -0.298 e. The maximum Gasteiger partial charge on any atom is 0.418 e. The first-order valence-corrected chi connectivity index (χ1v) is 6.87. The van der Waals surface area contributed by atoms with E-state index in [2.05, 4.69) is 5.43 Å². The maximum absolute atomic E-state index is 13.0. The molecule has 2 rings (SSSR count). The lowest BCUT2D eigenvalue weighted by atomic mass is 10.1. The van der Waals surface area contributed by atoms with E-state index in [9.17, 15) is 31.1 Å². The molecular weight excluding hydrogens is 364 g/mol. The van der Waals surface area contributed by atoms with E-state index in [0.717, 1.165) is 24.3 Å². The lowest BCUT2D eigenvalue weighted by molar-refractivity contribution is -0.138. The number of alkyl halides is 6. The molecule has 10 heteroatoms. The molecule has 2 N–H and O–H groups in total. The molecule has 0 saturated carbocycles. The Morgan fingerprint density at radius 3 is 2.04 bits per heavy atom. The lowest BCUT2D eigenvalue weighted by Gasteiger charge is -2.15. The van der Waals surface area contributed by atoms with Crippen molar-refractivity contribution >= 4 is 11.6 Å². The molecule has 0 aliphatic carbocycles. The van der Waals surface area contributed by atoms with Gasteiger partial charge in [-0.25, -0.2) is 0 Å². The summed E-state index contributed by atoms with van der Waals surface area (Å²) in [5, 5.41) is 8.68. The van der Waals surface area contributed by atoms with Crippen LogP contribution in [-0.4, -0.2) is 5.91 Å². The van der Waals surface area contributed by atoms with Crippen LogP contribution in [0.4, 0.5) is 32.0 Å². The number of rotatable bonds is 3. The molecule has 0 unspecified atom stereocenters. The predicted octanol–water partition coefficient (Wildman–Crippen LogP) is 4.35. The summed E-state index contributed by atoms with van der Waals surface area (Å²) in [6.07, 6.45) is -9.36. The number of anilines is 1. The molecule has 1 amide bonds. The van der Waals surface area contributed by atoms with Crippen molar-refractivity contribution in [1.29, 1.82) is 5.26 Å². The first-order valence-electron chi connectivity index (χ1n) is 6.87. The second-order valence-electron chi connectivity index (χ2n) is 5.02. The van der Waals surface area contributed by atoms with Gasteiger partial charge in [0.25, 0.3) is 5.91 Å². The normalized spacial score (nSPS) is 11.6. The van der Waals surface area contributed by atoms with Crippen LogP contribution in [-0.2, 0) is 12.4 Å². The van der Waals surface area contributed by atoms with Crippen LogP contribution in [0.1, 0.15) is 27.0 Å². The molecule has 0 bridgehead atoms.